The number of carbonyl (C=O) groups is 1. The highest BCUT2D eigenvalue weighted by Crippen LogP contribution is 2.23. The molecule has 1 fully saturated rings. The summed E-state index contributed by atoms with van der Waals surface area (Å²) in [6.07, 6.45) is 4.87. The fraction of sp³-hybridized carbons (Fsp3) is 0.562. The highest BCUT2D eigenvalue weighted by molar-refractivity contribution is 5.78. The molecule has 19 heavy (non-hydrogen) atoms. The monoisotopic (exact) mass is 260 g/mol. The number of rotatable bonds is 4. The SMILES string of the molecule is Cc1cccc(CCNC(=O)C2CCCC(N)C2)c1. The van der Waals surface area contributed by atoms with Crippen molar-refractivity contribution in [1.29, 1.82) is 0 Å². The van der Waals surface area contributed by atoms with Gasteiger partial charge >= 0.3 is 0 Å². The lowest BCUT2D eigenvalue weighted by Crippen LogP contribution is -2.38. The van der Waals surface area contributed by atoms with E-state index in [1.165, 1.54) is 11.1 Å². The molecule has 0 radical (unpaired) electrons. The van der Waals surface area contributed by atoms with E-state index in [2.05, 4.69) is 36.5 Å². The fourth-order valence-electron chi connectivity index (χ4n) is 2.81. The van der Waals surface area contributed by atoms with Gasteiger partial charge in [-0.25, -0.2) is 0 Å². The second-order valence-electron chi connectivity index (χ2n) is 5.65. The molecule has 0 heterocycles. The van der Waals surface area contributed by atoms with Crippen LogP contribution in [-0.2, 0) is 11.2 Å². The molecular formula is C16H24N2O. The van der Waals surface area contributed by atoms with Crippen molar-refractivity contribution >= 4 is 5.91 Å². The topological polar surface area (TPSA) is 55.1 Å². The van der Waals surface area contributed by atoms with Crippen LogP contribution in [0.2, 0.25) is 0 Å². The second kappa shape index (κ2) is 6.71. The number of benzene rings is 1. The Labute approximate surface area is 115 Å². The van der Waals surface area contributed by atoms with Gasteiger partial charge in [0.15, 0.2) is 0 Å². The van der Waals surface area contributed by atoms with Crippen LogP contribution in [-0.4, -0.2) is 18.5 Å². The van der Waals surface area contributed by atoms with Crippen LogP contribution in [0.3, 0.4) is 0 Å². The molecule has 104 valence electrons. The van der Waals surface area contributed by atoms with E-state index >= 15 is 0 Å². The second-order valence-corrected chi connectivity index (χ2v) is 5.65. The van der Waals surface area contributed by atoms with E-state index in [1.54, 1.807) is 0 Å². The predicted octanol–water partition coefficient (Wildman–Crippen LogP) is 2.17. The van der Waals surface area contributed by atoms with Crippen molar-refractivity contribution in [1.82, 2.24) is 5.32 Å². The third kappa shape index (κ3) is 4.35. The number of nitrogens with two attached hydrogens (primary N) is 1. The van der Waals surface area contributed by atoms with Crippen LogP contribution in [0.4, 0.5) is 0 Å². The lowest BCUT2D eigenvalue weighted by molar-refractivity contribution is -0.126. The van der Waals surface area contributed by atoms with Crippen LogP contribution in [0.1, 0.15) is 36.8 Å². The van der Waals surface area contributed by atoms with E-state index in [0.717, 1.165) is 32.1 Å². The summed E-state index contributed by atoms with van der Waals surface area (Å²) < 4.78 is 0. The first kappa shape index (κ1) is 14.1. The molecule has 1 aliphatic carbocycles. The van der Waals surface area contributed by atoms with Gasteiger partial charge in [-0.1, -0.05) is 36.2 Å². The highest BCUT2D eigenvalue weighted by atomic mass is 16.1. The Bertz CT molecular complexity index is 431. The molecule has 0 saturated heterocycles. The Balaban J connectivity index is 1.74. The van der Waals surface area contributed by atoms with Gasteiger partial charge in [0, 0.05) is 18.5 Å². The molecule has 0 bridgehead atoms. The van der Waals surface area contributed by atoms with Gasteiger partial charge in [-0.15, -0.1) is 0 Å². The van der Waals surface area contributed by atoms with E-state index in [9.17, 15) is 4.79 Å². The summed E-state index contributed by atoms with van der Waals surface area (Å²) in [5, 5.41) is 3.05. The first-order chi connectivity index (χ1) is 9.15. The van der Waals surface area contributed by atoms with Crippen LogP contribution < -0.4 is 11.1 Å². The summed E-state index contributed by atoms with van der Waals surface area (Å²) in [5.41, 5.74) is 8.46. The third-order valence-corrected chi connectivity index (χ3v) is 3.88. The predicted molar refractivity (Wildman–Crippen MR) is 77.8 cm³/mol. The van der Waals surface area contributed by atoms with Gasteiger partial charge < -0.3 is 11.1 Å². The molecule has 1 amide bonds. The number of hydrogen-bond acceptors (Lipinski definition) is 2. The first-order valence-corrected chi connectivity index (χ1v) is 7.24. The number of hydrogen-bond donors (Lipinski definition) is 2. The zero-order valence-corrected chi connectivity index (χ0v) is 11.7. The van der Waals surface area contributed by atoms with Crippen molar-refractivity contribution in [2.75, 3.05) is 6.54 Å². The Kier molecular flexibility index (Phi) is 4.97. The molecule has 0 spiro atoms. The van der Waals surface area contributed by atoms with E-state index in [-0.39, 0.29) is 17.9 Å². The van der Waals surface area contributed by atoms with Crippen molar-refractivity contribution in [3.05, 3.63) is 35.4 Å². The van der Waals surface area contributed by atoms with Gasteiger partial charge in [-0.05, 0) is 38.2 Å². The third-order valence-electron chi connectivity index (χ3n) is 3.88. The minimum absolute atomic E-state index is 0.126. The van der Waals surface area contributed by atoms with Gasteiger partial charge in [-0.3, -0.25) is 4.79 Å². The van der Waals surface area contributed by atoms with Crippen LogP contribution in [0, 0.1) is 12.8 Å². The molecule has 2 unspecified atom stereocenters. The van der Waals surface area contributed by atoms with Crippen molar-refractivity contribution in [2.45, 2.75) is 45.1 Å². The number of amides is 1. The summed E-state index contributed by atoms with van der Waals surface area (Å²) in [6, 6.07) is 8.64. The van der Waals surface area contributed by atoms with Crippen molar-refractivity contribution in [3.8, 4) is 0 Å². The van der Waals surface area contributed by atoms with E-state index in [4.69, 9.17) is 5.73 Å². The number of nitrogens with one attached hydrogen (secondary N) is 1. The summed E-state index contributed by atoms with van der Waals surface area (Å²) in [4.78, 5) is 12.0. The zero-order valence-electron chi connectivity index (χ0n) is 11.7. The molecule has 3 N–H and O–H groups in total. The average molecular weight is 260 g/mol. The first-order valence-electron chi connectivity index (χ1n) is 7.24. The van der Waals surface area contributed by atoms with Crippen molar-refractivity contribution in [2.24, 2.45) is 11.7 Å². The summed E-state index contributed by atoms with van der Waals surface area (Å²) >= 11 is 0. The molecule has 1 saturated carbocycles. The molecule has 1 aromatic carbocycles. The van der Waals surface area contributed by atoms with E-state index < -0.39 is 0 Å². The minimum Gasteiger partial charge on any atom is -0.356 e. The summed E-state index contributed by atoms with van der Waals surface area (Å²) in [5.74, 6) is 0.309. The quantitative estimate of drug-likeness (QED) is 0.871. The minimum atomic E-state index is 0.126. The lowest BCUT2D eigenvalue weighted by atomic mass is 9.85. The van der Waals surface area contributed by atoms with Crippen LogP contribution in [0.15, 0.2) is 24.3 Å². The van der Waals surface area contributed by atoms with Crippen LogP contribution in [0.25, 0.3) is 0 Å². The molecule has 0 aromatic heterocycles. The molecule has 2 rings (SSSR count). The molecule has 3 nitrogen and oxygen atoms in total. The lowest BCUT2D eigenvalue weighted by Gasteiger charge is -2.25. The Morgan fingerprint density at radius 3 is 3.00 bits per heavy atom. The molecule has 1 aromatic rings. The standard InChI is InChI=1S/C16H24N2O/c1-12-4-2-5-13(10-12)8-9-18-16(19)14-6-3-7-15(17)11-14/h2,4-5,10,14-15H,3,6-9,11,17H2,1H3,(H,18,19). The van der Waals surface area contributed by atoms with Gasteiger partial charge in [0.05, 0.1) is 0 Å². The number of aryl methyl sites for hydroxylation is 1. The maximum Gasteiger partial charge on any atom is 0.223 e. The highest BCUT2D eigenvalue weighted by Gasteiger charge is 2.24. The molecular weight excluding hydrogens is 236 g/mol. The van der Waals surface area contributed by atoms with Crippen molar-refractivity contribution in [3.63, 3.8) is 0 Å². The van der Waals surface area contributed by atoms with Crippen LogP contribution in [0.5, 0.6) is 0 Å². The Morgan fingerprint density at radius 1 is 1.42 bits per heavy atom. The molecule has 3 heteroatoms. The average Bonchev–Trinajstić information content (AvgIpc) is 2.38. The van der Waals surface area contributed by atoms with E-state index in [0.29, 0.717) is 6.54 Å². The van der Waals surface area contributed by atoms with Gasteiger partial charge in [-0.2, -0.15) is 0 Å². The normalized spacial score (nSPS) is 23.1. The van der Waals surface area contributed by atoms with Crippen molar-refractivity contribution < 1.29 is 4.79 Å². The van der Waals surface area contributed by atoms with Gasteiger partial charge in [0.25, 0.3) is 0 Å². The molecule has 0 aliphatic heterocycles. The largest absolute Gasteiger partial charge is 0.356 e. The maximum absolute atomic E-state index is 12.0. The van der Waals surface area contributed by atoms with Crippen LogP contribution >= 0.6 is 0 Å². The summed E-state index contributed by atoms with van der Waals surface area (Å²) in [7, 11) is 0. The Hall–Kier alpha value is -1.35. The molecule has 2 atom stereocenters. The number of carbonyl (C=O) groups excluding carboxylic acids is 1. The molecule has 1 aliphatic rings. The van der Waals surface area contributed by atoms with Gasteiger partial charge in [0.2, 0.25) is 5.91 Å². The smallest absolute Gasteiger partial charge is 0.223 e. The zero-order chi connectivity index (χ0) is 13.7. The van der Waals surface area contributed by atoms with Gasteiger partial charge in [0.1, 0.15) is 0 Å². The fourth-order valence-corrected chi connectivity index (χ4v) is 2.81. The maximum atomic E-state index is 12.0. The Morgan fingerprint density at radius 2 is 2.26 bits per heavy atom. The summed E-state index contributed by atoms with van der Waals surface area (Å²) in [6.45, 7) is 2.81. The van der Waals surface area contributed by atoms with E-state index in [1.807, 2.05) is 0 Å².